The van der Waals surface area contributed by atoms with E-state index >= 15 is 0 Å². The second-order valence-corrected chi connectivity index (χ2v) is 6.27. The van der Waals surface area contributed by atoms with E-state index in [1.807, 2.05) is 13.8 Å². The lowest BCUT2D eigenvalue weighted by atomic mass is 10.2. The maximum atomic E-state index is 11.6. The summed E-state index contributed by atoms with van der Waals surface area (Å²) in [5.74, 6) is -2.36. The van der Waals surface area contributed by atoms with E-state index in [4.69, 9.17) is 0 Å². The highest BCUT2D eigenvalue weighted by molar-refractivity contribution is 7.90. The molecular formula is C13H18N2O4S. The van der Waals surface area contributed by atoms with E-state index in [-0.39, 0.29) is 5.75 Å². The number of carbonyl (C=O) groups excluding carboxylic acids is 2. The molecule has 0 saturated carbocycles. The monoisotopic (exact) mass is 298 g/mol. The molecule has 7 heteroatoms. The Morgan fingerprint density at radius 1 is 1.10 bits per heavy atom. The Morgan fingerprint density at radius 2 is 1.70 bits per heavy atom. The first-order valence-corrected chi connectivity index (χ1v) is 7.92. The summed E-state index contributed by atoms with van der Waals surface area (Å²) in [6.07, 6.45) is 1.12. The average Bonchev–Trinajstić information content (AvgIpc) is 2.38. The predicted molar refractivity (Wildman–Crippen MR) is 76.6 cm³/mol. The molecule has 0 aliphatic carbocycles. The van der Waals surface area contributed by atoms with Crippen LogP contribution in [-0.4, -0.2) is 26.0 Å². The van der Waals surface area contributed by atoms with Crippen LogP contribution in [0.1, 0.15) is 25.3 Å². The van der Waals surface area contributed by atoms with Crippen molar-refractivity contribution in [2.45, 2.75) is 26.7 Å². The SMILES string of the molecule is CCCCS(=O)(=O)NC(=O)C(=O)Nc1ccc(C)cc1. The van der Waals surface area contributed by atoms with E-state index < -0.39 is 21.8 Å². The van der Waals surface area contributed by atoms with Crippen LogP contribution in [0.15, 0.2) is 24.3 Å². The fourth-order valence-electron chi connectivity index (χ4n) is 1.40. The Morgan fingerprint density at radius 3 is 2.25 bits per heavy atom. The van der Waals surface area contributed by atoms with Crippen molar-refractivity contribution in [2.75, 3.05) is 11.1 Å². The van der Waals surface area contributed by atoms with Crippen LogP contribution < -0.4 is 10.0 Å². The summed E-state index contributed by atoms with van der Waals surface area (Å²) in [5, 5.41) is 2.33. The first-order valence-electron chi connectivity index (χ1n) is 6.26. The molecule has 0 atom stereocenters. The maximum absolute atomic E-state index is 11.6. The highest BCUT2D eigenvalue weighted by atomic mass is 32.2. The molecule has 1 rings (SSSR count). The quantitative estimate of drug-likeness (QED) is 0.798. The highest BCUT2D eigenvalue weighted by Gasteiger charge is 2.20. The van der Waals surface area contributed by atoms with Gasteiger partial charge in [0.15, 0.2) is 0 Å². The number of aryl methyl sites for hydroxylation is 1. The Bertz CT molecular complexity index is 579. The first-order chi connectivity index (χ1) is 9.34. The summed E-state index contributed by atoms with van der Waals surface area (Å²) in [4.78, 5) is 23.1. The maximum Gasteiger partial charge on any atom is 0.323 e. The van der Waals surface area contributed by atoms with E-state index in [0.29, 0.717) is 18.5 Å². The van der Waals surface area contributed by atoms with Gasteiger partial charge >= 0.3 is 11.8 Å². The Hall–Kier alpha value is -1.89. The number of anilines is 1. The van der Waals surface area contributed by atoms with Gasteiger partial charge in [0.2, 0.25) is 10.0 Å². The molecule has 0 fully saturated rings. The van der Waals surface area contributed by atoms with Crippen LogP contribution in [0, 0.1) is 6.92 Å². The predicted octanol–water partition coefficient (Wildman–Crippen LogP) is 1.18. The number of benzene rings is 1. The molecule has 1 aromatic rings. The minimum Gasteiger partial charge on any atom is -0.318 e. The molecule has 2 amide bonds. The molecule has 0 spiro atoms. The zero-order valence-corrected chi connectivity index (χ0v) is 12.3. The van der Waals surface area contributed by atoms with Gasteiger partial charge in [-0.1, -0.05) is 31.0 Å². The fourth-order valence-corrected chi connectivity index (χ4v) is 2.54. The van der Waals surface area contributed by atoms with E-state index in [9.17, 15) is 18.0 Å². The number of unbranched alkanes of at least 4 members (excludes halogenated alkanes) is 1. The lowest BCUT2D eigenvalue weighted by Gasteiger charge is -2.07. The Labute approximate surface area is 118 Å². The molecule has 20 heavy (non-hydrogen) atoms. The van der Waals surface area contributed by atoms with Crippen LogP contribution in [0.2, 0.25) is 0 Å². The number of rotatable bonds is 5. The smallest absolute Gasteiger partial charge is 0.318 e. The van der Waals surface area contributed by atoms with Gasteiger partial charge in [-0.05, 0) is 25.5 Å². The van der Waals surface area contributed by atoms with E-state index in [0.717, 1.165) is 5.56 Å². The number of amides is 2. The van der Waals surface area contributed by atoms with Gasteiger partial charge in [0, 0.05) is 5.69 Å². The largest absolute Gasteiger partial charge is 0.323 e. The van der Waals surface area contributed by atoms with Crippen molar-refractivity contribution in [2.24, 2.45) is 0 Å². The molecule has 0 radical (unpaired) electrons. The molecule has 0 bridgehead atoms. The third-order valence-corrected chi connectivity index (χ3v) is 3.85. The third kappa shape index (κ3) is 5.40. The van der Waals surface area contributed by atoms with Gasteiger partial charge in [-0.15, -0.1) is 0 Å². The summed E-state index contributed by atoms with van der Waals surface area (Å²) in [7, 11) is -3.75. The number of hydrogen-bond donors (Lipinski definition) is 2. The van der Waals surface area contributed by atoms with E-state index in [1.54, 1.807) is 29.0 Å². The van der Waals surface area contributed by atoms with Crippen LogP contribution >= 0.6 is 0 Å². The van der Waals surface area contributed by atoms with Crippen molar-refractivity contribution < 1.29 is 18.0 Å². The Balaban J connectivity index is 2.59. The van der Waals surface area contributed by atoms with Crippen molar-refractivity contribution >= 4 is 27.5 Å². The number of nitrogens with one attached hydrogen (secondary N) is 2. The number of carbonyl (C=O) groups is 2. The molecule has 6 nitrogen and oxygen atoms in total. The minimum absolute atomic E-state index is 0.174. The highest BCUT2D eigenvalue weighted by Crippen LogP contribution is 2.08. The molecule has 0 aliphatic rings. The zero-order valence-electron chi connectivity index (χ0n) is 11.5. The summed E-state index contributed by atoms with van der Waals surface area (Å²) in [5.41, 5.74) is 1.44. The second kappa shape index (κ2) is 7.04. The third-order valence-electron chi connectivity index (χ3n) is 2.53. The van der Waals surface area contributed by atoms with E-state index in [1.165, 1.54) is 0 Å². The molecular weight excluding hydrogens is 280 g/mol. The number of sulfonamides is 1. The molecule has 2 N–H and O–H groups in total. The molecule has 0 aliphatic heterocycles. The standard InChI is InChI=1S/C13H18N2O4S/c1-3-4-9-20(18,19)15-13(17)12(16)14-11-7-5-10(2)6-8-11/h5-8H,3-4,9H2,1-2H3,(H,14,16)(H,15,17). The molecule has 0 saturated heterocycles. The van der Waals surface area contributed by atoms with Gasteiger partial charge < -0.3 is 5.32 Å². The molecule has 0 heterocycles. The summed E-state index contributed by atoms with van der Waals surface area (Å²) >= 11 is 0. The van der Waals surface area contributed by atoms with Crippen molar-refractivity contribution in [3.8, 4) is 0 Å². The summed E-state index contributed by atoms with van der Waals surface area (Å²) < 4.78 is 24.7. The Kier molecular flexibility index (Phi) is 5.69. The van der Waals surface area contributed by atoms with E-state index in [2.05, 4.69) is 5.32 Å². The van der Waals surface area contributed by atoms with Crippen molar-refractivity contribution in [1.82, 2.24) is 4.72 Å². The lowest BCUT2D eigenvalue weighted by molar-refractivity contribution is -0.135. The van der Waals surface area contributed by atoms with Crippen molar-refractivity contribution in [3.05, 3.63) is 29.8 Å². The fraction of sp³-hybridized carbons (Fsp3) is 0.385. The summed E-state index contributed by atoms with van der Waals surface area (Å²) in [6, 6.07) is 6.80. The van der Waals surface area contributed by atoms with Crippen LogP contribution in [0.4, 0.5) is 5.69 Å². The van der Waals surface area contributed by atoms with Crippen LogP contribution in [0.25, 0.3) is 0 Å². The molecule has 1 aromatic carbocycles. The minimum atomic E-state index is -3.75. The van der Waals surface area contributed by atoms with Crippen molar-refractivity contribution in [3.63, 3.8) is 0 Å². The normalized spacial score (nSPS) is 10.9. The lowest BCUT2D eigenvalue weighted by Crippen LogP contribution is -2.40. The topological polar surface area (TPSA) is 92.3 Å². The second-order valence-electron chi connectivity index (χ2n) is 4.42. The first kappa shape index (κ1) is 16.2. The molecule has 110 valence electrons. The molecule has 0 aromatic heterocycles. The average molecular weight is 298 g/mol. The summed E-state index contributed by atoms with van der Waals surface area (Å²) in [6.45, 7) is 3.72. The van der Waals surface area contributed by atoms with Crippen LogP contribution in [-0.2, 0) is 19.6 Å². The van der Waals surface area contributed by atoms with Crippen molar-refractivity contribution in [1.29, 1.82) is 0 Å². The molecule has 0 unspecified atom stereocenters. The number of hydrogen-bond acceptors (Lipinski definition) is 4. The van der Waals surface area contributed by atoms with Crippen LogP contribution in [0.5, 0.6) is 0 Å². The zero-order chi connectivity index (χ0) is 15.2. The van der Waals surface area contributed by atoms with Gasteiger partial charge in [0.25, 0.3) is 0 Å². The van der Waals surface area contributed by atoms with Crippen LogP contribution in [0.3, 0.4) is 0 Å². The van der Waals surface area contributed by atoms with Gasteiger partial charge in [0.05, 0.1) is 5.75 Å². The van der Waals surface area contributed by atoms with Gasteiger partial charge in [-0.3, -0.25) is 9.59 Å². The van der Waals surface area contributed by atoms with Gasteiger partial charge in [-0.2, -0.15) is 0 Å². The van der Waals surface area contributed by atoms with Gasteiger partial charge in [0.1, 0.15) is 0 Å². The van der Waals surface area contributed by atoms with Gasteiger partial charge in [-0.25, -0.2) is 13.1 Å².